The van der Waals surface area contributed by atoms with Crippen LogP contribution in [0.2, 0.25) is 0 Å². The summed E-state index contributed by atoms with van der Waals surface area (Å²) < 4.78 is 23.4. The molecular formula is C67H82IN5O20. The predicted molar refractivity (Wildman–Crippen MR) is 350 cm³/mol. The Hall–Kier alpha value is -8.37. The number of nitrogens with zero attached hydrogens (tertiary/aromatic N) is 5. The van der Waals surface area contributed by atoms with Crippen LogP contribution in [0.4, 0.5) is 28.4 Å². The Morgan fingerprint density at radius 3 is 1.00 bits per heavy atom. The number of nitro benzene ring substituents is 5. The normalized spacial score (nSPS) is 22.2. The lowest BCUT2D eigenvalue weighted by atomic mass is 9.66. The van der Waals surface area contributed by atoms with Gasteiger partial charge in [0.1, 0.15) is 12.2 Å². The summed E-state index contributed by atoms with van der Waals surface area (Å²) in [6.45, 7) is 27.5. The van der Waals surface area contributed by atoms with Gasteiger partial charge in [-0.15, -0.1) is 0 Å². The minimum Gasteiger partial charge on any atom is -0.454 e. The van der Waals surface area contributed by atoms with E-state index in [2.05, 4.69) is 0 Å². The molecule has 2 N–H and O–H groups in total. The minimum atomic E-state index is -1.35. The molecular weight excluding hydrogens is 1320 g/mol. The molecule has 502 valence electrons. The van der Waals surface area contributed by atoms with Gasteiger partial charge in [0, 0.05) is 41.2 Å². The number of hydrogen-bond donors (Lipinski definition) is 2. The third-order valence-corrected chi connectivity index (χ3v) is 19.7. The van der Waals surface area contributed by atoms with Gasteiger partial charge in [-0.1, -0.05) is 151 Å². The molecule has 0 amide bonds. The minimum absolute atomic E-state index is 0.0197. The average molecular weight is 1400 g/mol. The zero-order valence-electron chi connectivity index (χ0n) is 54.8. The van der Waals surface area contributed by atoms with Gasteiger partial charge < -0.3 is 29.2 Å². The topological polar surface area (TPSA) is 361 Å². The van der Waals surface area contributed by atoms with Crippen molar-refractivity contribution in [3.05, 3.63) is 198 Å². The standard InChI is InChI=1S/2C20H25NO6.C11H15NO3.C10H13NO3.C6H4INO2/c2*1-12(2)15(13-8-6-7-9-14(13)21(24)25)26-17(23)20-11-10-19(5,16(22)27-20)18(20,3)4;1-11(2,3)10(13)8-6-4-5-7-9(8)12(14)15;1-7(2)10(12)8-5-3-4-6-9(8)11(13)14;7-5-3-1-2-4-6(5)8(9)10/h2*6-9,12,15H,10-11H2,1-5H3;4-7,10,13H,1-3H3;3-7,10,12H,1-2H3;1-4H/t15?,19-,20+;15-,19-,20+;;10-;/m00.0./s1. The Labute approximate surface area is 552 Å². The number of fused-ring (bicyclic) bond motifs is 4. The number of ether oxygens (including phenoxy) is 4. The second kappa shape index (κ2) is 29.3. The molecule has 2 aliphatic heterocycles. The first kappa shape index (κ1) is 75.4. The van der Waals surface area contributed by atoms with Gasteiger partial charge in [-0.05, 0) is 116 Å². The van der Waals surface area contributed by atoms with Crippen molar-refractivity contribution in [3.63, 3.8) is 0 Å². The van der Waals surface area contributed by atoms with Gasteiger partial charge in [-0.2, -0.15) is 0 Å². The molecule has 93 heavy (non-hydrogen) atoms. The lowest BCUT2D eigenvalue weighted by Gasteiger charge is -2.36. The van der Waals surface area contributed by atoms with Crippen molar-refractivity contribution in [2.75, 3.05) is 0 Å². The molecule has 0 radical (unpaired) electrons. The molecule has 0 spiro atoms. The monoisotopic (exact) mass is 1400 g/mol. The number of aliphatic hydroxyl groups is 2. The van der Waals surface area contributed by atoms with Gasteiger partial charge in [-0.3, -0.25) is 60.2 Å². The van der Waals surface area contributed by atoms with Crippen molar-refractivity contribution in [3.8, 4) is 0 Å². The summed E-state index contributed by atoms with van der Waals surface area (Å²) >= 11 is 1.93. The fraction of sp³-hybridized carbons (Fsp3) is 0.493. The number of aliphatic hydroxyl groups excluding tert-OH is 2. The third kappa shape index (κ3) is 15.0. The van der Waals surface area contributed by atoms with Crippen LogP contribution in [0.3, 0.4) is 0 Å². The van der Waals surface area contributed by atoms with E-state index >= 15 is 0 Å². The molecule has 2 aliphatic carbocycles. The average Bonchev–Trinajstić information content (AvgIpc) is 1.53. The molecule has 5 aromatic carbocycles. The molecule has 2 heterocycles. The molecule has 2 saturated heterocycles. The van der Waals surface area contributed by atoms with E-state index in [9.17, 15) is 80.0 Å². The Morgan fingerprint density at radius 1 is 0.462 bits per heavy atom. The number of benzene rings is 5. The van der Waals surface area contributed by atoms with Crippen LogP contribution in [0.1, 0.15) is 176 Å². The van der Waals surface area contributed by atoms with Crippen LogP contribution in [-0.2, 0) is 38.1 Å². The first-order valence-corrected chi connectivity index (χ1v) is 31.2. The number of carbonyl (C=O) groups is 4. The van der Waals surface area contributed by atoms with Crippen molar-refractivity contribution < 1.29 is 73.0 Å². The fourth-order valence-electron chi connectivity index (χ4n) is 11.9. The highest BCUT2D eigenvalue weighted by Crippen LogP contribution is 2.67. The zero-order valence-corrected chi connectivity index (χ0v) is 56.9. The van der Waals surface area contributed by atoms with Crippen molar-refractivity contribution in [1.82, 2.24) is 0 Å². The third-order valence-electron chi connectivity index (χ3n) is 18.8. The van der Waals surface area contributed by atoms with Crippen LogP contribution >= 0.6 is 22.6 Å². The Kier molecular flexibility index (Phi) is 23.7. The van der Waals surface area contributed by atoms with Gasteiger partial charge in [0.25, 0.3) is 28.4 Å². The molecule has 26 heteroatoms. The van der Waals surface area contributed by atoms with Gasteiger partial charge >= 0.3 is 23.9 Å². The van der Waals surface area contributed by atoms with E-state index in [4.69, 9.17) is 18.9 Å². The summed E-state index contributed by atoms with van der Waals surface area (Å²) in [5.74, 6) is -2.45. The highest BCUT2D eigenvalue weighted by molar-refractivity contribution is 14.1. The molecule has 9 rings (SSSR count). The number of nitro groups is 5. The summed E-state index contributed by atoms with van der Waals surface area (Å²) in [5.41, 5.74) is -4.68. The van der Waals surface area contributed by atoms with E-state index in [1.165, 1.54) is 30.3 Å². The lowest BCUT2D eigenvalue weighted by Crippen LogP contribution is -2.49. The largest absolute Gasteiger partial charge is 0.454 e. The number of hydrogen-bond acceptors (Lipinski definition) is 20. The smallest absolute Gasteiger partial charge is 0.351 e. The molecule has 0 aromatic heterocycles. The molecule has 5 aromatic rings. The maximum absolute atomic E-state index is 13.2. The number of carbonyl (C=O) groups excluding carboxylic acids is 4. The van der Waals surface area contributed by atoms with Crippen LogP contribution in [0, 0.1) is 99.0 Å². The van der Waals surface area contributed by atoms with Crippen LogP contribution in [0.5, 0.6) is 0 Å². The quantitative estimate of drug-likeness (QED) is 0.0305. The van der Waals surface area contributed by atoms with Gasteiger partial charge in [0.15, 0.2) is 0 Å². The Morgan fingerprint density at radius 2 is 0.742 bits per heavy atom. The first-order valence-electron chi connectivity index (χ1n) is 30.1. The molecule has 8 atom stereocenters. The highest BCUT2D eigenvalue weighted by Gasteiger charge is 2.78. The van der Waals surface area contributed by atoms with Crippen molar-refractivity contribution in [2.24, 2.45) is 44.8 Å². The molecule has 25 nitrogen and oxygen atoms in total. The van der Waals surface area contributed by atoms with Crippen LogP contribution < -0.4 is 0 Å². The maximum Gasteiger partial charge on any atom is 0.351 e. The van der Waals surface area contributed by atoms with E-state index in [-0.39, 0.29) is 63.1 Å². The van der Waals surface area contributed by atoms with Gasteiger partial charge in [0.05, 0.1) is 73.5 Å². The lowest BCUT2D eigenvalue weighted by molar-refractivity contribution is -0.386. The second-order valence-electron chi connectivity index (χ2n) is 26.9. The van der Waals surface area contributed by atoms with E-state index in [1.807, 2.05) is 126 Å². The summed E-state index contributed by atoms with van der Waals surface area (Å²) in [4.78, 5) is 103. The summed E-state index contributed by atoms with van der Waals surface area (Å²) in [6, 6.07) is 31.6. The van der Waals surface area contributed by atoms with E-state index in [0.29, 0.717) is 51.5 Å². The second-order valence-corrected chi connectivity index (χ2v) is 28.1. The predicted octanol–water partition coefficient (Wildman–Crippen LogP) is 15.1. The number of para-hydroxylation sites is 5. The summed E-state index contributed by atoms with van der Waals surface area (Å²) in [5, 5.41) is 74.1. The fourth-order valence-corrected chi connectivity index (χ4v) is 12.5. The molecule has 2 saturated carbocycles. The number of rotatable bonds is 16. The molecule has 4 fully saturated rings. The van der Waals surface area contributed by atoms with Crippen LogP contribution in [0.15, 0.2) is 121 Å². The first-order chi connectivity index (χ1) is 43.0. The summed E-state index contributed by atoms with van der Waals surface area (Å²) in [7, 11) is 0. The SMILES string of the molecule is CC(C)(C)C(O)c1ccccc1[N+](=O)[O-].CC(C)C(OC(=O)[C@@]12CC[C@@](C)(C(=O)O1)C2(C)C)c1ccccc1[N+](=O)[O-].CC(C)[C@H](O)c1ccccc1[N+](=O)[O-].CC(C)[C@H](OC(=O)[C@@]12CC[C@@](C)(C(=O)O1)C2(C)C)c1ccccc1[N+](=O)[O-].O=[N+]([O-])c1ccccc1I. The van der Waals surface area contributed by atoms with Crippen molar-refractivity contribution in [2.45, 2.75) is 165 Å². The number of halogens is 1. The molecule has 4 aliphatic rings. The Balaban J connectivity index is 0.000000221. The number of esters is 4. The van der Waals surface area contributed by atoms with Crippen LogP contribution in [0.25, 0.3) is 0 Å². The molecule has 2 unspecified atom stereocenters. The zero-order chi connectivity index (χ0) is 70.3. The maximum atomic E-state index is 13.2. The van der Waals surface area contributed by atoms with Crippen molar-refractivity contribution in [1.29, 1.82) is 0 Å². The highest BCUT2D eigenvalue weighted by atomic mass is 127. The van der Waals surface area contributed by atoms with E-state index < -0.39 is 94.3 Å². The van der Waals surface area contributed by atoms with E-state index in [0.717, 1.165) is 0 Å². The molecule has 4 bridgehead atoms. The van der Waals surface area contributed by atoms with Crippen molar-refractivity contribution >= 4 is 74.9 Å². The van der Waals surface area contributed by atoms with Gasteiger partial charge in [0.2, 0.25) is 11.2 Å². The van der Waals surface area contributed by atoms with Crippen LogP contribution in [-0.4, -0.2) is 69.9 Å². The van der Waals surface area contributed by atoms with E-state index in [1.54, 1.807) is 91.0 Å². The van der Waals surface area contributed by atoms with Gasteiger partial charge in [-0.25, -0.2) is 9.59 Å². The summed E-state index contributed by atoms with van der Waals surface area (Å²) in [6.07, 6.45) is -1.36. The Bertz CT molecular complexity index is 3510.